The van der Waals surface area contributed by atoms with E-state index in [0.717, 1.165) is 18.4 Å². The number of aryl methyl sites for hydroxylation is 1. The van der Waals surface area contributed by atoms with E-state index in [2.05, 4.69) is 43.9 Å². The number of halogens is 7. The monoisotopic (exact) mass is 912 g/mol. The van der Waals surface area contributed by atoms with E-state index >= 15 is 8.78 Å². The number of nitrogens with one attached hydrogen (secondary N) is 2. The van der Waals surface area contributed by atoms with Crippen molar-refractivity contribution in [1.82, 2.24) is 34.8 Å². The number of hydrogen-bond acceptors (Lipinski definition) is 8. The average molecular weight is 913 g/mol. The van der Waals surface area contributed by atoms with Gasteiger partial charge in [-0.3, -0.25) is 23.7 Å². The zero-order valence-corrected chi connectivity index (χ0v) is 35.2. The summed E-state index contributed by atoms with van der Waals surface area (Å²) in [5.41, 5.74) is -2.35. The van der Waals surface area contributed by atoms with Crippen LogP contribution in [0.2, 0.25) is 5.02 Å². The SMILES string of the molecule is CC(=O)N1CCO[C@](C)(C#Cc2ccc(-c3ccc(Cl)c4c(NS(C)(=O)=O)nn(C)c34)c([C@H](Cc3cc(F)cc(F)c3)NC(=O)Cn3nc(C(F)F)c4c3C(F)(F)[C@@H]3C#C[C@H]43)n2)C1. The van der Waals surface area contributed by atoms with Crippen LogP contribution < -0.4 is 10.0 Å². The summed E-state index contributed by atoms with van der Waals surface area (Å²) >= 11 is 6.63. The lowest BCUT2D eigenvalue weighted by Gasteiger charge is -2.36. The van der Waals surface area contributed by atoms with E-state index in [-0.39, 0.29) is 69.7 Å². The minimum atomic E-state index is -3.86. The van der Waals surface area contributed by atoms with Crippen LogP contribution in [0.25, 0.3) is 22.0 Å². The summed E-state index contributed by atoms with van der Waals surface area (Å²) in [4.78, 5) is 32.8. The molecular weight excluding hydrogens is 878 g/mol. The second-order valence-corrected chi connectivity index (χ2v) is 17.8. The maximum Gasteiger partial charge on any atom is 0.304 e. The summed E-state index contributed by atoms with van der Waals surface area (Å²) in [7, 11) is -2.34. The Morgan fingerprint density at radius 2 is 1.78 bits per heavy atom. The van der Waals surface area contributed by atoms with E-state index in [0.29, 0.717) is 22.9 Å². The Balaban J connectivity index is 1.28. The van der Waals surface area contributed by atoms with Crippen molar-refractivity contribution in [2.24, 2.45) is 13.0 Å². The Morgan fingerprint density at radius 1 is 1.06 bits per heavy atom. The van der Waals surface area contributed by atoms with E-state index in [4.69, 9.17) is 21.3 Å². The summed E-state index contributed by atoms with van der Waals surface area (Å²) < 4.78 is 124. The minimum Gasteiger partial charge on any atom is -0.359 e. The number of carbonyl (C=O) groups is 2. The molecule has 2 aromatic carbocycles. The molecule has 1 fully saturated rings. The summed E-state index contributed by atoms with van der Waals surface area (Å²) in [6.45, 7) is 2.81. The lowest BCUT2D eigenvalue weighted by atomic mass is 9.84. The van der Waals surface area contributed by atoms with Crippen molar-refractivity contribution in [3.63, 3.8) is 0 Å². The molecule has 4 atom stereocenters. The highest BCUT2D eigenvalue weighted by atomic mass is 35.5. The maximum absolute atomic E-state index is 15.7. The van der Waals surface area contributed by atoms with Crippen LogP contribution in [-0.4, -0.2) is 81.2 Å². The number of ether oxygens (including phenoxy) is 1. The summed E-state index contributed by atoms with van der Waals surface area (Å²) in [5, 5.41) is 11.1. The number of sulfonamides is 1. The molecule has 63 heavy (non-hydrogen) atoms. The Labute approximate surface area is 361 Å². The molecule has 5 aromatic rings. The van der Waals surface area contributed by atoms with E-state index in [1.165, 1.54) is 30.8 Å². The highest BCUT2D eigenvalue weighted by molar-refractivity contribution is 7.92. The summed E-state index contributed by atoms with van der Waals surface area (Å²) in [6.07, 6.45) is -2.70. The largest absolute Gasteiger partial charge is 0.359 e. The van der Waals surface area contributed by atoms with Gasteiger partial charge in [-0.15, -0.1) is 0 Å². The van der Waals surface area contributed by atoms with E-state index in [9.17, 15) is 35.6 Å². The van der Waals surface area contributed by atoms with Gasteiger partial charge in [0.05, 0.1) is 53.0 Å². The Bertz CT molecular complexity index is 2970. The number of carbonyl (C=O) groups excluding carboxylic acids is 2. The van der Waals surface area contributed by atoms with Crippen molar-refractivity contribution in [2.45, 2.75) is 56.7 Å². The van der Waals surface area contributed by atoms with Gasteiger partial charge in [-0.25, -0.2) is 31.0 Å². The first kappa shape index (κ1) is 43.6. The van der Waals surface area contributed by atoms with E-state index in [1.807, 2.05) is 0 Å². The lowest BCUT2D eigenvalue weighted by Crippen LogP contribution is -2.50. The number of fused-ring (bicyclic) bond motifs is 4. The second kappa shape index (κ2) is 15.9. The second-order valence-electron chi connectivity index (χ2n) is 15.6. The predicted octanol–water partition coefficient (Wildman–Crippen LogP) is 5.98. The molecule has 1 saturated heterocycles. The van der Waals surface area contributed by atoms with Gasteiger partial charge in [0.15, 0.2) is 5.82 Å². The van der Waals surface area contributed by atoms with Crippen molar-refractivity contribution in [3.05, 3.63) is 93.0 Å². The van der Waals surface area contributed by atoms with Gasteiger partial charge in [0, 0.05) is 43.3 Å². The van der Waals surface area contributed by atoms with Crippen molar-refractivity contribution < 1.29 is 49.1 Å². The van der Waals surface area contributed by atoms with Gasteiger partial charge >= 0.3 is 5.92 Å². The van der Waals surface area contributed by atoms with Crippen LogP contribution in [0, 0.1) is 41.2 Å². The molecule has 0 unspecified atom stereocenters. The highest BCUT2D eigenvalue weighted by Gasteiger charge is 2.60. The van der Waals surface area contributed by atoms with Crippen LogP contribution in [0.15, 0.2) is 42.5 Å². The van der Waals surface area contributed by atoms with Gasteiger partial charge in [-0.1, -0.05) is 35.4 Å². The Morgan fingerprint density at radius 3 is 2.43 bits per heavy atom. The number of aromatic nitrogens is 5. The molecule has 8 rings (SSSR count). The molecule has 0 saturated carbocycles. The van der Waals surface area contributed by atoms with Gasteiger partial charge in [-0.05, 0) is 55.2 Å². The lowest BCUT2D eigenvalue weighted by molar-refractivity contribution is -0.139. The van der Waals surface area contributed by atoms with E-state index in [1.54, 1.807) is 24.0 Å². The van der Waals surface area contributed by atoms with Gasteiger partial charge in [0.1, 0.15) is 46.8 Å². The molecule has 2 N–H and O–H groups in total. The van der Waals surface area contributed by atoms with E-state index < -0.39 is 86.9 Å². The number of pyridine rings is 1. The fourth-order valence-electron chi connectivity index (χ4n) is 8.21. The first-order valence-corrected chi connectivity index (χ1v) is 21.5. The minimum absolute atomic E-state index is 0.0121. The fraction of sp³-hybridized carbons (Fsp3) is 0.357. The molecule has 21 heteroatoms. The zero-order chi connectivity index (χ0) is 45.3. The van der Waals surface area contributed by atoms with Gasteiger partial charge < -0.3 is 15.0 Å². The van der Waals surface area contributed by atoms with Crippen LogP contribution in [0.1, 0.15) is 66.1 Å². The molecule has 13 nitrogen and oxygen atoms in total. The molecule has 0 radical (unpaired) electrons. The first-order valence-electron chi connectivity index (χ1n) is 19.2. The van der Waals surface area contributed by atoms with Crippen molar-refractivity contribution in [3.8, 4) is 34.8 Å². The molecular formula is C42H35ClF6N8O5S. The van der Waals surface area contributed by atoms with Gasteiger partial charge in [-0.2, -0.15) is 19.0 Å². The standard InChI is InChI=1S/C42H35ClF6N8O5S/c1-21(58)56-13-14-62-41(2,20-56)12-11-25-5-6-26(27-8-10-30(43)34-37(27)55(3)53-40(34)54-63(4,60)61)35(50-25)31(17-22-15-23(44)18-24(45)16-22)51-32(59)19-57-38-33(36(52-57)39(46)47)28-7-9-29(28)42(38,48)49/h5-6,8,10,15-16,18,28-29,31,39H,13-14,17,19-20H2,1-4H3,(H,51,59)(H,53,54)/t28-,29+,31-,41+/m0/s1. The van der Waals surface area contributed by atoms with Gasteiger partial charge in [0.25, 0.3) is 6.43 Å². The van der Waals surface area contributed by atoms with Crippen LogP contribution in [0.5, 0.6) is 0 Å². The number of amides is 2. The number of nitrogens with zero attached hydrogens (tertiary/aromatic N) is 6. The molecule has 0 bridgehead atoms. The molecule has 0 spiro atoms. The number of anilines is 1. The number of rotatable bonds is 10. The number of morpholine rings is 1. The smallest absolute Gasteiger partial charge is 0.304 e. The maximum atomic E-state index is 15.7. The van der Waals surface area contributed by atoms with Crippen LogP contribution >= 0.6 is 11.6 Å². The molecule has 2 aliphatic carbocycles. The van der Waals surface area contributed by atoms with Crippen molar-refractivity contribution in [2.75, 3.05) is 30.7 Å². The number of alkyl halides is 4. The number of benzene rings is 2. The fourth-order valence-corrected chi connectivity index (χ4v) is 8.95. The third kappa shape index (κ3) is 8.30. The van der Waals surface area contributed by atoms with Crippen LogP contribution in [-0.2, 0) is 50.3 Å². The molecule has 1 aliphatic heterocycles. The molecule has 328 valence electrons. The van der Waals surface area contributed by atoms with Crippen molar-refractivity contribution in [1.29, 1.82) is 0 Å². The van der Waals surface area contributed by atoms with Crippen molar-refractivity contribution >= 4 is 50.2 Å². The Kier molecular flexibility index (Phi) is 11.0. The molecule has 4 heterocycles. The number of hydrogen-bond donors (Lipinski definition) is 2. The zero-order valence-electron chi connectivity index (χ0n) is 33.7. The molecule has 3 aliphatic rings. The topological polar surface area (TPSA) is 153 Å². The first-order chi connectivity index (χ1) is 29.6. The molecule has 3 aromatic heterocycles. The normalized spacial score (nSPS) is 20.2. The van der Waals surface area contributed by atoms with Gasteiger partial charge in [0.2, 0.25) is 21.8 Å². The summed E-state index contributed by atoms with van der Waals surface area (Å²) in [5.74, 6) is 1.15. The molecule has 2 amide bonds. The predicted molar refractivity (Wildman–Crippen MR) is 217 cm³/mol. The quantitative estimate of drug-likeness (QED) is 0.128. The average Bonchev–Trinajstić information content (AvgIpc) is 3.74. The van der Waals surface area contributed by atoms with Crippen LogP contribution in [0.4, 0.5) is 32.2 Å². The third-order valence-corrected chi connectivity index (χ3v) is 11.8. The highest BCUT2D eigenvalue weighted by Crippen LogP contribution is 2.57. The van der Waals surface area contributed by atoms with Crippen LogP contribution in [0.3, 0.4) is 0 Å². The Hall–Kier alpha value is -6.09. The third-order valence-electron chi connectivity index (χ3n) is 10.9. The summed E-state index contributed by atoms with van der Waals surface area (Å²) in [6, 6.07) is 7.47.